The Bertz CT molecular complexity index is 918. The highest BCUT2D eigenvalue weighted by Gasteiger charge is 2.21. The van der Waals surface area contributed by atoms with Crippen molar-refractivity contribution >= 4 is 11.8 Å². The number of hydrogen-bond acceptors (Lipinski definition) is 5. The van der Waals surface area contributed by atoms with Gasteiger partial charge >= 0.3 is 5.97 Å². The first-order valence-corrected chi connectivity index (χ1v) is 7.54. The lowest BCUT2D eigenvalue weighted by Crippen LogP contribution is -2.16. The number of rotatable bonds is 5. The van der Waals surface area contributed by atoms with Crippen molar-refractivity contribution < 1.29 is 23.1 Å². The Hall–Kier alpha value is -3.28. The molecule has 0 aliphatic heterocycles. The Morgan fingerprint density at radius 3 is 2.48 bits per heavy atom. The maximum Gasteiger partial charge on any atom is 0.361 e. The van der Waals surface area contributed by atoms with Crippen LogP contribution in [-0.2, 0) is 4.74 Å². The second kappa shape index (κ2) is 7.09. The number of hydrogen-bond donors (Lipinski definition) is 0. The number of aryl methyl sites for hydroxylation is 1. The summed E-state index contributed by atoms with van der Waals surface area (Å²) < 4.78 is 24.0. The van der Waals surface area contributed by atoms with Crippen LogP contribution < -0.4 is 0 Å². The molecule has 3 aromatic rings. The number of Topliss-reactive ketones (excluding diaryl/α,β-unsaturated/α-hetero) is 1. The van der Waals surface area contributed by atoms with Gasteiger partial charge in [0.1, 0.15) is 11.6 Å². The summed E-state index contributed by atoms with van der Waals surface area (Å²) in [4.78, 5) is 28.2. The third-order valence-electron chi connectivity index (χ3n) is 3.52. The predicted octanol–water partition coefficient (Wildman–Crippen LogP) is 3.83. The molecule has 25 heavy (non-hydrogen) atoms. The lowest BCUT2D eigenvalue weighted by Gasteiger charge is -2.03. The third kappa shape index (κ3) is 3.63. The number of ketones is 1. The molecule has 0 saturated heterocycles. The number of halogens is 1. The third-order valence-corrected chi connectivity index (χ3v) is 3.52. The van der Waals surface area contributed by atoms with Crippen LogP contribution in [0, 0.1) is 12.7 Å². The van der Waals surface area contributed by atoms with Crippen molar-refractivity contribution in [2.75, 3.05) is 6.61 Å². The van der Waals surface area contributed by atoms with Gasteiger partial charge in [-0.15, -0.1) is 0 Å². The molecule has 1 heterocycles. The molecule has 3 rings (SSSR count). The first kappa shape index (κ1) is 16.6. The molecule has 0 saturated carbocycles. The zero-order valence-corrected chi connectivity index (χ0v) is 13.4. The minimum atomic E-state index is -0.798. The first-order valence-electron chi connectivity index (χ1n) is 7.54. The summed E-state index contributed by atoms with van der Waals surface area (Å²) in [7, 11) is 0. The Balaban J connectivity index is 1.71. The van der Waals surface area contributed by atoms with E-state index in [0.717, 1.165) is 0 Å². The second-order valence-electron chi connectivity index (χ2n) is 5.27. The fourth-order valence-electron chi connectivity index (χ4n) is 2.25. The Labute approximate surface area is 143 Å². The maximum atomic E-state index is 13.6. The number of esters is 1. The Morgan fingerprint density at radius 2 is 1.76 bits per heavy atom. The summed E-state index contributed by atoms with van der Waals surface area (Å²) in [5, 5.41) is 0. The van der Waals surface area contributed by atoms with Crippen LogP contribution in [0.5, 0.6) is 0 Å². The molecule has 2 aromatic carbocycles. The predicted molar refractivity (Wildman–Crippen MR) is 87.7 cm³/mol. The fourth-order valence-corrected chi connectivity index (χ4v) is 2.25. The van der Waals surface area contributed by atoms with Crippen molar-refractivity contribution in [3.8, 4) is 11.5 Å². The highest BCUT2D eigenvalue weighted by Crippen LogP contribution is 2.21. The van der Waals surface area contributed by atoms with Gasteiger partial charge in [0.15, 0.2) is 12.3 Å². The van der Waals surface area contributed by atoms with E-state index in [9.17, 15) is 14.0 Å². The molecule has 0 spiro atoms. The zero-order valence-electron chi connectivity index (χ0n) is 13.4. The van der Waals surface area contributed by atoms with Crippen molar-refractivity contribution in [1.82, 2.24) is 4.98 Å². The molecule has 5 nitrogen and oxygen atoms in total. The van der Waals surface area contributed by atoms with Crippen LogP contribution in [0.4, 0.5) is 4.39 Å². The van der Waals surface area contributed by atoms with Crippen LogP contribution in [0.25, 0.3) is 11.5 Å². The normalized spacial score (nSPS) is 10.5. The summed E-state index contributed by atoms with van der Waals surface area (Å²) >= 11 is 0. The van der Waals surface area contributed by atoms with Gasteiger partial charge in [0.25, 0.3) is 0 Å². The quantitative estimate of drug-likeness (QED) is 0.522. The van der Waals surface area contributed by atoms with Gasteiger partial charge in [-0.05, 0) is 31.2 Å². The molecule has 0 amide bonds. The van der Waals surface area contributed by atoms with E-state index in [1.54, 1.807) is 19.1 Å². The van der Waals surface area contributed by atoms with Gasteiger partial charge in [0.2, 0.25) is 11.7 Å². The molecule has 0 radical (unpaired) electrons. The number of ether oxygens (including phenoxy) is 1. The highest BCUT2D eigenvalue weighted by atomic mass is 19.1. The molecule has 0 unspecified atom stereocenters. The van der Waals surface area contributed by atoms with Gasteiger partial charge in [-0.2, -0.15) is 0 Å². The van der Waals surface area contributed by atoms with Gasteiger partial charge in [-0.1, -0.05) is 30.3 Å². The molecule has 0 bridgehead atoms. The molecular formula is C19H14FNO4. The summed E-state index contributed by atoms with van der Waals surface area (Å²) in [6.07, 6.45) is 0. The summed E-state index contributed by atoms with van der Waals surface area (Å²) in [6, 6.07) is 14.6. The van der Waals surface area contributed by atoms with E-state index in [4.69, 9.17) is 9.15 Å². The second-order valence-corrected chi connectivity index (χ2v) is 5.27. The number of carbonyl (C=O) groups is 2. The minimum Gasteiger partial charge on any atom is -0.452 e. The average Bonchev–Trinajstić information content (AvgIpc) is 3.02. The van der Waals surface area contributed by atoms with Crippen LogP contribution in [0.15, 0.2) is 59.0 Å². The first-order chi connectivity index (χ1) is 12.1. The zero-order chi connectivity index (χ0) is 17.8. The monoisotopic (exact) mass is 339 g/mol. The van der Waals surface area contributed by atoms with Crippen LogP contribution in [0.2, 0.25) is 0 Å². The van der Waals surface area contributed by atoms with E-state index in [1.165, 1.54) is 24.3 Å². The molecule has 0 N–H and O–H groups in total. The van der Waals surface area contributed by atoms with E-state index < -0.39 is 24.2 Å². The molecular weight excluding hydrogens is 325 g/mol. The van der Waals surface area contributed by atoms with Gasteiger partial charge < -0.3 is 9.15 Å². The van der Waals surface area contributed by atoms with Crippen LogP contribution >= 0.6 is 0 Å². The van der Waals surface area contributed by atoms with Crippen LogP contribution in [-0.4, -0.2) is 23.3 Å². The standard InChI is InChI=1S/C19H14FNO4/c1-12-17(21-18(25-12)13-7-3-2-4-8-13)19(23)24-11-16(22)14-9-5-6-10-15(14)20/h2-10H,11H2,1H3. The lowest BCUT2D eigenvalue weighted by atomic mass is 10.1. The Kier molecular flexibility index (Phi) is 4.70. The molecule has 6 heteroatoms. The van der Waals surface area contributed by atoms with Crippen molar-refractivity contribution in [3.63, 3.8) is 0 Å². The smallest absolute Gasteiger partial charge is 0.361 e. The summed E-state index contributed by atoms with van der Waals surface area (Å²) in [5.74, 6) is -1.52. The van der Waals surface area contributed by atoms with Crippen LogP contribution in [0.1, 0.15) is 26.6 Å². The molecule has 0 atom stereocenters. The van der Waals surface area contributed by atoms with Gasteiger partial charge in [0.05, 0.1) is 5.56 Å². The molecule has 0 aliphatic rings. The SMILES string of the molecule is Cc1oc(-c2ccccc2)nc1C(=O)OCC(=O)c1ccccc1F. The summed E-state index contributed by atoms with van der Waals surface area (Å²) in [6.45, 7) is 1.00. The van der Waals surface area contributed by atoms with Crippen molar-refractivity contribution in [2.24, 2.45) is 0 Å². The van der Waals surface area contributed by atoms with Crippen molar-refractivity contribution in [2.45, 2.75) is 6.92 Å². The number of benzene rings is 2. The minimum absolute atomic E-state index is 0.0137. The number of nitrogens with zero attached hydrogens (tertiary/aromatic N) is 1. The lowest BCUT2D eigenvalue weighted by molar-refractivity contribution is 0.0466. The number of carbonyl (C=O) groups excluding carboxylic acids is 2. The molecule has 126 valence electrons. The molecule has 0 fully saturated rings. The fraction of sp³-hybridized carbons (Fsp3) is 0.105. The van der Waals surface area contributed by atoms with E-state index in [2.05, 4.69) is 4.98 Å². The van der Waals surface area contributed by atoms with E-state index in [-0.39, 0.29) is 22.9 Å². The van der Waals surface area contributed by atoms with Crippen molar-refractivity contribution in [1.29, 1.82) is 0 Å². The topological polar surface area (TPSA) is 69.4 Å². The van der Waals surface area contributed by atoms with E-state index in [0.29, 0.717) is 5.56 Å². The average molecular weight is 339 g/mol. The van der Waals surface area contributed by atoms with Gasteiger partial charge in [0, 0.05) is 5.56 Å². The summed E-state index contributed by atoms with van der Waals surface area (Å²) in [5.41, 5.74) is 0.574. The van der Waals surface area contributed by atoms with Gasteiger partial charge in [-0.3, -0.25) is 4.79 Å². The highest BCUT2D eigenvalue weighted by molar-refractivity contribution is 5.99. The van der Waals surface area contributed by atoms with E-state index in [1.807, 2.05) is 18.2 Å². The number of aromatic nitrogens is 1. The molecule has 0 aliphatic carbocycles. The maximum absolute atomic E-state index is 13.6. The van der Waals surface area contributed by atoms with Crippen LogP contribution in [0.3, 0.4) is 0 Å². The van der Waals surface area contributed by atoms with E-state index >= 15 is 0 Å². The van der Waals surface area contributed by atoms with Crippen molar-refractivity contribution in [3.05, 3.63) is 77.4 Å². The number of oxazole rings is 1. The molecule has 1 aromatic heterocycles. The van der Waals surface area contributed by atoms with Gasteiger partial charge in [-0.25, -0.2) is 14.2 Å². The Morgan fingerprint density at radius 1 is 1.08 bits per heavy atom. The largest absolute Gasteiger partial charge is 0.452 e.